The van der Waals surface area contributed by atoms with Crippen LogP contribution in [0.2, 0.25) is 0 Å². The van der Waals surface area contributed by atoms with Crippen molar-refractivity contribution in [3.05, 3.63) is 40.8 Å². The molecule has 0 aliphatic carbocycles. The van der Waals surface area contributed by atoms with Gasteiger partial charge in [-0.3, -0.25) is 9.48 Å². The Morgan fingerprint density at radius 2 is 1.84 bits per heavy atom. The average molecular weight is 260 g/mol. The maximum atomic E-state index is 13.6. The van der Waals surface area contributed by atoms with Gasteiger partial charge in [0.2, 0.25) is 0 Å². The lowest BCUT2D eigenvalue weighted by Crippen LogP contribution is -2.01. The van der Waals surface area contributed by atoms with E-state index in [9.17, 15) is 9.18 Å². The number of carbonyl (C=O) groups excluding carboxylic acids is 1. The Kier molecular flexibility index (Phi) is 3.51. The second-order valence-electron chi connectivity index (χ2n) is 5.05. The number of rotatable bonds is 3. The third-order valence-electron chi connectivity index (χ3n) is 3.13. The summed E-state index contributed by atoms with van der Waals surface area (Å²) in [6.45, 7) is 7.41. The summed E-state index contributed by atoms with van der Waals surface area (Å²) < 4.78 is 15.4. The Hall–Kier alpha value is -1.97. The van der Waals surface area contributed by atoms with Crippen molar-refractivity contribution >= 4 is 6.29 Å². The highest BCUT2D eigenvalue weighted by Crippen LogP contribution is 2.26. The van der Waals surface area contributed by atoms with Crippen LogP contribution in [0.1, 0.15) is 41.4 Å². The van der Waals surface area contributed by atoms with Gasteiger partial charge in [0.25, 0.3) is 0 Å². The fourth-order valence-corrected chi connectivity index (χ4v) is 2.06. The zero-order valence-electron chi connectivity index (χ0n) is 11.6. The van der Waals surface area contributed by atoms with E-state index < -0.39 is 0 Å². The van der Waals surface area contributed by atoms with Crippen molar-refractivity contribution in [1.29, 1.82) is 0 Å². The first-order chi connectivity index (χ1) is 8.93. The number of halogens is 1. The molecule has 0 saturated heterocycles. The molecule has 0 bridgehead atoms. The predicted octanol–water partition coefficient (Wildman–Crippen LogP) is 3.70. The maximum Gasteiger partial charge on any atom is 0.153 e. The lowest BCUT2D eigenvalue weighted by atomic mass is 10.0. The normalized spacial score (nSPS) is 11.1. The fourth-order valence-electron chi connectivity index (χ4n) is 2.06. The number of hydrogen-bond donors (Lipinski definition) is 0. The minimum atomic E-state index is -0.209. The molecule has 0 aliphatic heterocycles. The lowest BCUT2D eigenvalue weighted by molar-refractivity contribution is 0.112. The molecule has 0 amide bonds. The molecule has 19 heavy (non-hydrogen) atoms. The standard InChI is InChI=1S/C15H17FN2O/c1-9(2)18-7-13(8-19)15(17-18)12-5-10(3)14(16)11(4)6-12/h5-9H,1-4H3. The minimum absolute atomic E-state index is 0.176. The molecule has 0 N–H and O–H groups in total. The second kappa shape index (κ2) is 4.96. The van der Waals surface area contributed by atoms with Crippen molar-refractivity contribution in [3.8, 4) is 11.3 Å². The summed E-state index contributed by atoms with van der Waals surface area (Å²) >= 11 is 0. The molecule has 2 aromatic rings. The Morgan fingerprint density at radius 3 is 2.32 bits per heavy atom. The first-order valence-electron chi connectivity index (χ1n) is 6.25. The minimum Gasteiger partial charge on any atom is -0.298 e. The van der Waals surface area contributed by atoms with Crippen LogP contribution in [-0.4, -0.2) is 16.1 Å². The van der Waals surface area contributed by atoms with Crippen molar-refractivity contribution in [2.45, 2.75) is 33.7 Å². The molecule has 4 heteroatoms. The van der Waals surface area contributed by atoms with E-state index >= 15 is 0 Å². The number of carbonyl (C=O) groups is 1. The zero-order valence-corrected chi connectivity index (χ0v) is 11.6. The Balaban J connectivity index is 2.61. The quantitative estimate of drug-likeness (QED) is 0.789. The third kappa shape index (κ3) is 2.43. The smallest absolute Gasteiger partial charge is 0.153 e. The van der Waals surface area contributed by atoms with Gasteiger partial charge in [-0.1, -0.05) is 0 Å². The first kappa shape index (κ1) is 13.5. The van der Waals surface area contributed by atoms with E-state index in [-0.39, 0.29) is 11.9 Å². The van der Waals surface area contributed by atoms with Gasteiger partial charge in [-0.25, -0.2) is 4.39 Å². The van der Waals surface area contributed by atoms with E-state index in [0.29, 0.717) is 22.4 Å². The molecular weight excluding hydrogens is 243 g/mol. The van der Waals surface area contributed by atoms with Crippen molar-refractivity contribution in [3.63, 3.8) is 0 Å². The summed E-state index contributed by atoms with van der Waals surface area (Å²) in [5.41, 5.74) is 3.03. The molecule has 0 unspecified atom stereocenters. The molecule has 2 rings (SSSR count). The molecule has 1 aromatic heterocycles. The molecule has 1 aromatic carbocycles. The van der Waals surface area contributed by atoms with E-state index in [1.54, 1.807) is 36.9 Å². The van der Waals surface area contributed by atoms with E-state index in [1.807, 2.05) is 13.8 Å². The SMILES string of the molecule is Cc1cc(-c2nn(C(C)C)cc2C=O)cc(C)c1F. The fraction of sp³-hybridized carbons (Fsp3) is 0.333. The van der Waals surface area contributed by atoms with E-state index in [4.69, 9.17) is 0 Å². The van der Waals surface area contributed by atoms with Crippen LogP contribution in [0.4, 0.5) is 4.39 Å². The molecule has 0 fully saturated rings. The summed E-state index contributed by atoms with van der Waals surface area (Å²) in [6, 6.07) is 3.63. The first-order valence-corrected chi connectivity index (χ1v) is 6.25. The topological polar surface area (TPSA) is 34.9 Å². The van der Waals surface area contributed by atoms with Gasteiger partial charge in [0.15, 0.2) is 6.29 Å². The van der Waals surface area contributed by atoms with E-state index in [0.717, 1.165) is 11.8 Å². The van der Waals surface area contributed by atoms with Crippen LogP contribution < -0.4 is 0 Å². The van der Waals surface area contributed by atoms with Crippen LogP contribution in [0.25, 0.3) is 11.3 Å². The van der Waals surface area contributed by atoms with Crippen LogP contribution in [0, 0.1) is 19.7 Å². The largest absolute Gasteiger partial charge is 0.298 e. The number of aromatic nitrogens is 2. The number of hydrogen-bond acceptors (Lipinski definition) is 2. The van der Waals surface area contributed by atoms with Crippen molar-refractivity contribution in [1.82, 2.24) is 9.78 Å². The molecule has 0 saturated carbocycles. The highest BCUT2D eigenvalue weighted by Gasteiger charge is 2.14. The highest BCUT2D eigenvalue weighted by molar-refractivity contribution is 5.85. The molecule has 0 atom stereocenters. The highest BCUT2D eigenvalue weighted by atomic mass is 19.1. The molecule has 0 aliphatic rings. The van der Waals surface area contributed by atoms with Gasteiger partial charge >= 0.3 is 0 Å². The van der Waals surface area contributed by atoms with E-state index in [2.05, 4.69) is 5.10 Å². The predicted molar refractivity (Wildman–Crippen MR) is 72.9 cm³/mol. The summed E-state index contributed by atoms with van der Waals surface area (Å²) in [6.07, 6.45) is 2.51. The monoisotopic (exact) mass is 260 g/mol. The summed E-state index contributed by atoms with van der Waals surface area (Å²) in [7, 11) is 0. The summed E-state index contributed by atoms with van der Waals surface area (Å²) in [4.78, 5) is 11.1. The number of aryl methyl sites for hydroxylation is 2. The van der Waals surface area contributed by atoms with Gasteiger partial charge in [-0.15, -0.1) is 0 Å². The van der Waals surface area contributed by atoms with Gasteiger partial charge < -0.3 is 0 Å². The van der Waals surface area contributed by atoms with Gasteiger partial charge in [0.05, 0.1) is 5.56 Å². The van der Waals surface area contributed by atoms with Crippen LogP contribution in [0.3, 0.4) is 0 Å². The van der Waals surface area contributed by atoms with Crippen LogP contribution >= 0.6 is 0 Å². The molecular formula is C15H17FN2O. The average Bonchev–Trinajstić information content (AvgIpc) is 2.79. The third-order valence-corrected chi connectivity index (χ3v) is 3.13. The van der Waals surface area contributed by atoms with Crippen molar-refractivity contribution in [2.75, 3.05) is 0 Å². The van der Waals surface area contributed by atoms with Crippen LogP contribution in [-0.2, 0) is 0 Å². The zero-order chi connectivity index (χ0) is 14.2. The Bertz CT molecular complexity index is 606. The number of nitrogens with zero attached hydrogens (tertiary/aromatic N) is 2. The van der Waals surface area contributed by atoms with Gasteiger partial charge in [0, 0.05) is 17.8 Å². The summed E-state index contributed by atoms with van der Waals surface area (Å²) in [5.74, 6) is -0.209. The van der Waals surface area contributed by atoms with Gasteiger partial charge in [-0.05, 0) is 51.0 Å². The summed E-state index contributed by atoms with van der Waals surface area (Å²) in [5, 5.41) is 4.43. The molecule has 0 radical (unpaired) electrons. The second-order valence-corrected chi connectivity index (χ2v) is 5.05. The van der Waals surface area contributed by atoms with Crippen LogP contribution in [0.5, 0.6) is 0 Å². The molecule has 3 nitrogen and oxygen atoms in total. The van der Waals surface area contributed by atoms with Crippen molar-refractivity contribution < 1.29 is 9.18 Å². The molecule has 0 spiro atoms. The van der Waals surface area contributed by atoms with Gasteiger partial charge in [0.1, 0.15) is 11.5 Å². The van der Waals surface area contributed by atoms with Gasteiger partial charge in [-0.2, -0.15) is 5.10 Å². The Morgan fingerprint density at radius 1 is 1.26 bits per heavy atom. The number of benzene rings is 1. The molecule has 1 heterocycles. The lowest BCUT2D eigenvalue weighted by Gasteiger charge is -2.06. The van der Waals surface area contributed by atoms with E-state index in [1.165, 1.54) is 0 Å². The Labute approximate surface area is 112 Å². The maximum absolute atomic E-state index is 13.6. The number of aldehydes is 1. The molecule has 100 valence electrons. The van der Waals surface area contributed by atoms with Crippen LogP contribution in [0.15, 0.2) is 18.3 Å². The van der Waals surface area contributed by atoms with Crippen molar-refractivity contribution in [2.24, 2.45) is 0 Å².